The van der Waals surface area contributed by atoms with Crippen LogP contribution in [0.15, 0.2) is 57.9 Å². The van der Waals surface area contributed by atoms with Crippen molar-refractivity contribution in [1.82, 2.24) is 9.97 Å². The maximum atomic E-state index is 12.8. The number of carbonyl (C=O) groups excluding carboxylic acids is 1. The van der Waals surface area contributed by atoms with Gasteiger partial charge in [-0.3, -0.25) is 9.52 Å². The van der Waals surface area contributed by atoms with Gasteiger partial charge in [0.2, 0.25) is 5.88 Å². The van der Waals surface area contributed by atoms with Crippen molar-refractivity contribution in [2.75, 3.05) is 30.9 Å². The van der Waals surface area contributed by atoms with Gasteiger partial charge in [0.15, 0.2) is 5.82 Å². The van der Waals surface area contributed by atoms with Crippen molar-refractivity contribution in [1.29, 1.82) is 0 Å². The molecule has 3 aromatic rings. The summed E-state index contributed by atoms with van der Waals surface area (Å²) >= 11 is 3.36. The van der Waals surface area contributed by atoms with Crippen LogP contribution in [0.5, 0.6) is 17.6 Å². The zero-order chi connectivity index (χ0) is 24.7. The highest BCUT2D eigenvalue weighted by Crippen LogP contribution is 2.26. The molecule has 0 bridgehead atoms. The minimum Gasteiger partial charge on any atom is -0.493 e. The zero-order valence-electron chi connectivity index (χ0n) is 18.7. The number of hydrogen-bond donors (Lipinski definition) is 2. The fourth-order valence-corrected chi connectivity index (χ4v) is 4.14. The number of carbonyl (C=O) groups is 1. The van der Waals surface area contributed by atoms with E-state index in [9.17, 15) is 13.2 Å². The first-order valence-electron chi connectivity index (χ1n) is 10.1. The lowest BCUT2D eigenvalue weighted by Gasteiger charge is -2.12. The average Bonchev–Trinajstić information content (AvgIpc) is 2.82. The van der Waals surface area contributed by atoms with Crippen LogP contribution in [0, 0.1) is 0 Å². The molecule has 0 fully saturated rings. The number of rotatable bonds is 10. The first kappa shape index (κ1) is 25.2. The molecule has 10 nitrogen and oxygen atoms in total. The number of ether oxygens (including phenoxy) is 3. The third kappa shape index (κ3) is 6.35. The summed E-state index contributed by atoms with van der Waals surface area (Å²) in [6, 6.07) is 12.1. The lowest BCUT2D eigenvalue weighted by molar-refractivity contribution is 0.102. The first-order valence-corrected chi connectivity index (χ1v) is 12.4. The summed E-state index contributed by atoms with van der Waals surface area (Å²) in [7, 11) is -1.23. The van der Waals surface area contributed by atoms with E-state index in [0.29, 0.717) is 23.6 Å². The number of benzene rings is 2. The lowest BCUT2D eigenvalue weighted by atomic mass is 10.2. The van der Waals surface area contributed by atoms with E-state index in [4.69, 9.17) is 14.2 Å². The molecule has 180 valence electrons. The summed E-state index contributed by atoms with van der Waals surface area (Å²) in [5.41, 5.74) is 0.767. The molecule has 1 aromatic heterocycles. The predicted molar refractivity (Wildman–Crippen MR) is 130 cm³/mol. The highest BCUT2D eigenvalue weighted by Gasteiger charge is 2.18. The van der Waals surface area contributed by atoms with E-state index < -0.39 is 10.0 Å². The van der Waals surface area contributed by atoms with E-state index in [-0.39, 0.29) is 28.5 Å². The molecule has 12 heteroatoms. The Morgan fingerprint density at radius 1 is 1.03 bits per heavy atom. The highest BCUT2D eigenvalue weighted by molar-refractivity contribution is 9.10. The zero-order valence-corrected chi connectivity index (χ0v) is 21.1. The molecule has 0 aliphatic heterocycles. The Morgan fingerprint density at radius 3 is 2.41 bits per heavy atom. The van der Waals surface area contributed by atoms with E-state index in [2.05, 4.69) is 35.9 Å². The SMILES string of the molecule is CCCOc1ccc(Br)cc1C(=O)Nc1ccc(S(=O)(=O)Nc2cc(OC)nc(OC)n2)cc1. The smallest absolute Gasteiger partial charge is 0.321 e. The summed E-state index contributed by atoms with van der Waals surface area (Å²) in [4.78, 5) is 20.7. The fraction of sp³-hybridized carbons (Fsp3) is 0.227. The molecular formula is C22H23BrN4O6S. The lowest BCUT2D eigenvalue weighted by Crippen LogP contribution is -2.16. The van der Waals surface area contributed by atoms with Gasteiger partial charge in [-0.05, 0) is 48.9 Å². The minimum absolute atomic E-state index is 0.0182. The maximum absolute atomic E-state index is 12.8. The van der Waals surface area contributed by atoms with Crippen LogP contribution < -0.4 is 24.2 Å². The number of nitrogens with zero attached hydrogens (tertiary/aromatic N) is 2. The molecule has 0 atom stereocenters. The Hall–Kier alpha value is -3.38. The molecular weight excluding hydrogens is 528 g/mol. The largest absolute Gasteiger partial charge is 0.493 e. The van der Waals surface area contributed by atoms with Crippen LogP contribution in [0.25, 0.3) is 0 Å². The molecule has 0 saturated carbocycles. The van der Waals surface area contributed by atoms with Gasteiger partial charge in [0.25, 0.3) is 15.9 Å². The Bertz CT molecular complexity index is 1250. The van der Waals surface area contributed by atoms with E-state index in [0.717, 1.165) is 10.9 Å². The average molecular weight is 551 g/mol. The van der Waals surface area contributed by atoms with Crippen molar-refractivity contribution in [3.05, 3.63) is 58.6 Å². The van der Waals surface area contributed by atoms with E-state index >= 15 is 0 Å². The van der Waals surface area contributed by atoms with Crippen LogP contribution in [0.4, 0.5) is 11.5 Å². The summed E-state index contributed by atoms with van der Waals surface area (Å²) in [6.45, 7) is 2.45. The molecule has 34 heavy (non-hydrogen) atoms. The van der Waals surface area contributed by atoms with Crippen molar-refractivity contribution in [2.24, 2.45) is 0 Å². The number of anilines is 2. The van der Waals surface area contributed by atoms with Gasteiger partial charge in [-0.15, -0.1) is 0 Å². The summed E-state index contributed by atoms with van der Waals surface area (Å²) in [5, 5.41) is 2.75. The minimum atomic E-state index is -3.97. The molecule has 0 aliphatic rings. The summed E-state index contributed by atoms with van der Waals surface area (Å²) < 4.78 is 44.3. The van der Waals surface area contributed by atoms with Gasteiger partial charge in [0, 0.05) is 16.2 Å². The summed E-state index contributed by atoms with van der Waals surface area (Å²) in [6.07, 6.45) is 0.801. The Kier molecular flexibility index (Phi) is 8.29. The number of halogens is 1. The Balaban J connectivity index is 1.76. The number of amides is 1. The van der Waals surface area contributed by atoms with E-state index in [1.165, 1.54) is 44.6 Å². The van der Waals surface area contributed by atoms with Crippen molar-refractivity contribution in [3.63, 3.8) is 0 Å². The molecule has 0 aliphatic carbocycles. The van der Waals surface area contributed by atoms with Crippen LogP contribution in [0.3, 0.4) is 0 Å². The van der Waals surface area contributed by atoms with Crippen molar-refractivity contribution < 1.29 is 27.4 Å². The molecule has 3 rings (SSSR count). The van der Waals surface area contributed by atoms with Gasteiger partial charge >= 0.3 is 6.01 Å². The maximum Gasteiger partial charge on any atom is 0.321 e. The van der Waals surface area contributed by atoms with Crippen LogP contribution in [-0.2, 0) is 10.0 Å². The second-order valence-corrected chi connectivity index (χ2v) is 9.45. The van der Waals surface area contributed by atoms with Crippen LogP contribution >= 0.6 is 15.9 Å². The molecule has 0 radical (unpaired) electrons. The second-order valence-electron chi connectivity index (χ2n) is 6.86. The monoisotopic (exact) mass is 550 g/mol. The third-order valence-corrected chi connectivity index (χ3v) is 6.25. The van der Waals surface area contributed by atoms with Gasteiger partial charge in [-0.25, -0.2) is 8.42 Å². The van der Waals surface area contributed by atoms with E-state index in [1.807, 2.05) is 6.92 Å². The molecule has 0 spiro atoms. The van der Waals surface area contributed by atoms with Crippen molar-refractivity contribution in [2.45, 2.75) is 18.2 Å². The third-order valence-electron chi connectivity index (χ3n) is 4.38. The number of hydrogen-bond acceptors (Lipinski definition) is 8. The molecule has 2 aromatic carbocycles. The standard InChI is InChI=1S/C22H23BrN4O6S/c1-4-11-33-18-10-5-14(23)12-17(18)21(28)24-15-6-8-16(9-7-15)34(29,30)27-19-13-20(31-2)26-22(25-19)32-3/h5-10,12-13H,4,11H2,1-3H3,(H,24,28)(H,25,26,27). The van der Waals surface area contributed by atoms with Crippen molar-refractivity contribution in [3.8, 4) is 17.6 Å². The predicted octanol–water partition coefficient (Wildman–Crippen LogP) is 4.10. The molecule has 1 heterocycles. The topological polar surface area (TPSA) is 129 Å². The quantitative estimate of drug-likeness (QED) is 0.386. The first-order chi connectivity index (χ1) is 16.2. The van der Waals surface area contributed by atoms with E-state index in [1.54, 1.807) is 18.2 Å². The van der Waals surface area contributed by atoms with Gasteiger partial charge in [-0.2, -0.15) is 9.97 Å². The van der Waals surface area contributed by atoms with Gasteiger partial charge in [-0.1, -0.05) is 22.9 Å². The van der Waals surface area contributed by atoms with Gasteiger partial charge < -0.3 is 19.5 Å². The van der Waals surface area contributed by atoms with Crippen LogP contribution in [-0.4, -0.2) is 45.1 Å². The number of methoxy groups -OCH3 is 2. The number of sulfonamides is 1. The summed E-state index contributed by atoms with van der Waals surface area (Å²) in [5.74, 6) is 0.191. The molecule has 0 unspecified atom stereocenters. The fourth-order valence-electron chi connectivity index (χ4n) is 2.78. The normalized spacial score (nSPS) is 10.9. The second kappa shape index (κ2) is 11.2. The van der Waals surface area contributed by atoms with Crippen molar-refractivity contribution >= 4 is 43.4 Å². The highest BCUT2D eigenvalue weighted by atomic mass is 79.9. The number of aromatic nitrogens is 2. The number of nitrogens with one attached hydrogen (secondary N) is 2. The van der Waals surface area contributed by atoms with Crippen LogP contribution in [0.2, 0.25) is 0 Å². The van der Waals surface area contributed by atoms with Crippen LogP contribution in [0.1, 0.15) is 23.7 Å². The van der Waals surface area contributed by atoms with Gasteiger partial charge in [0.1, 0.15) is 5.75 Å². The molecule has 2 N–H and O–H groups in total. The Labute approximate surface area is 205 Å². The Morgan fingerprint density at radius 2 is 1.76 bits per heavy atom. The molecule has 1 amide bonds. The molecule has 0 saturated heterocycles. The van der Waals surface area contributed by atoms with Gasteiger partial charge in [0.05, 0.1) is 31.3 Å².